The van der Waals surface area contributed by atoms with Crippen LogP contribution in [-0.2, 0) is 16.0 Å². The van der Waals surface area contributed by atoms with Crippen molar-refractivity contribution in [3.05, 3.63) is 48.0 Å². The summed E-state index contributed by atoms with van der Waals surface area (Å²) in [5, 5.41) is 13.4. The van der Waals surface area contributed by atoms with E-state index in [2.05, 4.69) is 15.3 Å². The molecule has 0 radical (unpaired) electrons. The molecule has 2 aliphatic rings. The van der Waals surface area contributed by atoms with Crippen LogP contribution in [0.2, 0.25) is 0 Å². The molecule has 21 heavy (non-hydrogen) atoms. The van der Waals surface area contributed by atoms with E-state index in [1.165, 1.54) is 6.26 Å². The quantitative estimate of drug-likeness (QED) is 0.773. The summed E-state index contributed by atoms with van der Waals surface area (Å²) in [4.78, 5) is 0. The third-order valence-electron chi connectivity index (χ3n) is 2.86. The maximum atomic E-state index is 5.72. The molecule has 0 saturated carbocycles. The molecule has 2 heterocycles. The molecule has 0 saturated heterocycles. The van der Waals surface area contributed by atoms with Crippen LogP contribution in [0.5, 0.6) is 0 Å². The second kappa shape index (κ2) is 5.53. The Kier molecular flexibility index (Phi) is 3.42. The van der Waals surface area contributed by atoms with Crippen molar-refractivity contribution in [1.29, 1.82) is 0 Å². The van der Waals surface area contributed by atoms with Crippen LogP contribution in [0.15, 0.2) is 57.8 Å². The van der Waals surface area contributed by atoms with E-state index in [1.807, 2.05) is 30.3 Å². The lowest BCUT2D eigenvalue weighted by molar-refractivity contribution is 0.0474. The van der Waals surface area contributed by atoms with Crippen LogP contribution in [0.1, 0.15) is 5.56 Å². The van der Waals surface area contributed by atoms with E-state index in [9.17, 15) is 0 Å². The molecule has 1 aromatic rings. The highest BCUT2D eigenvalue weighted by Crippen LogP contribution is 2.17. The Balaban J connectivity index is 1.88. The zero-order valence-electron chi connectivity index (χ0n) is 11.1. The van der Waals surface area contributed by atoms with E-state index in [4.69, 9.17) is 20.9 Å². The summed E-state index contributed by atoms with van der Waals surface area (Å²) in [5.74, 6) is 0.814. The predicted molar refractivity (Wildman–Crippen MR) is 77.8 cm³/mol. The first kappa shape index (κ1) is 13.0. The van der Waals surface area contributed by atoms with Crippen molar-refractivity contribution in [2.45, 2.75) is 6.54 Å². The fourth-order valence-electron chi connectivity index (χ4n) is 1.84. The van der Waals surface area contributed by atoms with Gasteiger partial charge in [0.15, 0.2) is 17.4 Å². The van der Waals surface area contributed by atoms with E-state index in [0.29, 0.717) is 18.1 Å². The number of rotatable bonds is 4. The number of hydrogen-bond donors (Lipinski definition) is 2. The van der Waals surface area contributed by atoms with Crippen molar-refractivity contribution >= 4 is 17.4 Å². The Bertz CT molecular complexity index is 630. The Labute approximate surface area is 121 Å². The van der Waals surface area contributed by atoms with Crippen LogP contribution in [0, 0.1) is 0 Å². The van der Waals surface area contributed by atoms with Gasteiger partial charge in [-0.2, -0.15) is 5.10 Å². The molecule has 0 aliphatic carbocycles. The molecular weight excluding hydrogens is 272 g/mol. The molecule has 108 valence electrons. The van der Waals surface area contributed by atoms with Crippen molar-refractivity contribution < 1.29 is 9.47 Å². The number of nitrogens with zero attached hydrogens (tertiary/aromatic N) is 4. The van der Waals surface area contributed by atoms with E-state index in [0.717, 1.165) is 5.56 Å². The van der Waals surface area contributed by atoms with Gasteiger partial charge in [-0.25, -0.2) is 5.01 Å². The van der Waals surface area contributed by atoms with Gasteiger partial charge in [0.1, 0.15) is 6.26 Å². The number of nitrogens with two attached hydrogens (primary N) is 2. The Morgan fingerprint density at radius 1 is 1.14 bits per heavy atom. The molecule has 0 spiro atoms. The average molecular weight is 286 g/mol. The van der Waals surface area contributed by atoms with Gasteiger partial charge >= 0.3 is 0 Å². The zero-order valence-corrected chi connectivity index (χ0v) is 11.1. The molecule has 0 fully saturated rings. The van der Waals surface area contributed by atoms with Crippen LogP contribution in [0.3, 0.4) is 0 Å². The molecule has 8 heteroatoms. The number of ether oxygens (including phenoxy) is 2. The summed E-state index contributed by atoms with van der Waals surface area (Å²) in [6, 6.07) is 9.80. The molecule has 4 N–H and O–H groups in total. The second-order valence-electron chi connectivity index (χ2n) is 4.35. The molecule has 0 atom stereocenters. The van der Waals surface area contributed by atoms with Gasteiger partial charge in [0.25, 0.3) is 0 Å². The maximum Gasteiger partial charge on any atom is 0.249 e. The van der Waals surface area contributed by atoms with Gasteiger partial charge < -0.3 is 20.9 Å². The second-order valence-corrected chi connectivity index (χ2v) is 4.35. The smallest absolute Gasteiger partial charge is 0.249 e. The summed E-state index contributed by atoms with van der Waals surface area (Å²) in [6.45, 7) is 0.624. The van der Waals surface area contributed by atoms with Gasteiger partial charge in [-0.05, 0) is 5.56 Å². The van der Waals surface area contributed by atoms with Crippen LogP contribution in [-0.4, -0.2) is 29.2 Å². The largest absolute Gasteiger partial charge is 0.459 e. The Hall–Kier alpha value is -3.03. The highest BCUT2D eigenvalue weighted by atomic mass is 16.7. The molecular formula is C13H14N6O2. The summed E-state index contributed by atoms with van der Waals surface area (Å²) >= 11 is 0. The first-order valence-corrected chi connectivity index (χ1v) is 6.26. The first-order chi connectivity index (χ1) is 10.2. The fourth-order valence-corrected chi connectivity index (χ4v) is 1.84. The molecule has 0 aromatic heterocycles. The zero-order chi connectivity index (χ0) is 14.7. The minimum atomic E-state index is 0.151. The summed E-state index contributed by atoms with van der Waals surface area (Å²) in [7, 11) is 0. The summed E-state index contributed by atoms with van der Waals surface area (Å²) in [6.07, 6.45) is 1.49. The third kappa shape index (κ3) is 2.78. The lowest BCUT2D eigenvalue weighted by atomic mass is 10.2. The monoisotopic (exact) mass is 286 g/mol. The van der Waals surface area contributed by atoms with E-state index in [-0.39, 0.29) is 18.5 Å². The van der Waals surface area contributed by atoms with Crippen molar-refractivity contribution in [2.24, 2.45) is 26.8 Å². The minimum absolute atomic E-state index is 0.151. The lowest BCUT2D eigenvalue weighted by Gasteiger charge is -2.19. The molecule has 1 aromatic carbocycles. The van der Waals surface area contributed by atoms with Crippen molar-refractivity contribution in [3.8, 4) is 0 Å². The Morgan fingerprint density at radius 3 is 2.48 bits per heavy atom. The molecule has 2 aliphatic heterocycles. The van der Waals surface area contributed by atoms with Gasteiger partial charge in [0.05, 0.1) is 6.54 Å². The highest BCUT2D eigenvalue weighted by Gasteiger charge is 2.22. The maximum absolute atomic E-state index is 5.72. The third-order valence-corrected chi connectivity index (χ3v) is 2.86. The highest BCUT2D eigenvalue weighted by molar-refractivity contribution is 6.68. The molecule has 8 nitrogen and oxygen atoms in total. The molecule has 3 rings (SSSR count). The van der Waals surface area contributed by atoms with Crippen LogP contribution >= 0.6 is 0 Å². The van der Waals surface area contributed by atoms with Crippen LogP contribution in [0.4, 0.5) is 0 Å². The number of hydrogen-bond acceptors (Lipinski definition) is 8. The number of hydrazone groups is 1. The van der Waals surface area contributed by atoms with Gasteiger partial charge in [-0.15, -0.1) is 10.2 Å². The van der Waals surface area contributed by atoms with E-state index in [1.54, 1.807) is 5.01 Å². The van der Waals surface area contributed by atoms with Crippen molar-refractivity contribution in [3.63, 3.8) is 0 Å². The van der Waals surface area contributed by atoms with E-state index >= 15 is 0 Å². The lowest BCUT2D eigenvalue weighted by Crippen LogP contribution is -2.34. The molecule has 0 bridgehead atoms. The van der Waals surface area contributed by atoms with Crippen LogP contribution < -0.4 is 11.5 Å². The normalized spacial score (nSPS) is 16.6. The number of amidine groups is 2. The van der Waals surface area contributed by atoms with Gasteiger partial charge in [-0.3, -0.25) is 0 Å². The molecule has 0 amide bonds. The van der Waals surface area contributed by atoms with Crippen molar-refractivity contribution in [2.75, 3.05) is 6.79 Å². The van der Waals surface area contributed by atoms with Gasteiger partial charge in [0, 0.05) is 0 Å². The SMILES string of the molecule is NC1=NN=C(N)C1=NN(Cc1ccccc1)C1=COCO1. The predicted octanol–water partition coefficient (Wildman–Crippen LogP) is 0.291. The summed E-state index contributed by atoms with van der Waals surface area (Å²) in [5.41, 5.74) is 12.8. The van der Waals surface area contributed by atoms with Crippen LogP contribution in [0.25, 0.3) is 0 Å². The van der Waals surface area contributed by atoms with Gasteiger partial charge in [-0.1, -0.05) is 30.3 Å². The minimum Gasteiger partial charge on any atom is -0.459 e. The topological polar surface area (TPSA) is 111 Å². The first-order valence-electron chi connectivity index (χ1n) is 6.26. The molecule has 0 unspecified atom stereocenters. The average Bonchev–Trinajstić information content (AvgIpc) is 3.13. The van der Waals surface area contributed by atoms with E-state index < -0.39 is 0 Å². The van der Waals surface area contributed by atoms with Gasteiger partial charge in [0.2, 0.25) is 12.7 Å². The number of benzene rings is 1. The van der Waals surface area contributed by atoms with Crippen molar-refractivity contribution in [1.82, 2.24) is 5.01 Å². The Morgan fingerprint density at radius 2 is 1.86 bits per heavy atom. The fraction of sp³-hybridized carbons (Fsp3) is 0.154. The summed E-state index contributed by atoms with van der Waals surface area (Å²) < 4.78 is 10.4. The standard InChI is InChI=1S/C13H14N6O2/c14-12-11(13(15)17-16-12)18-19(10-7-20-8-21-10)6-9-4-2-1-3-5-9/h1-5,7H,6,8H2,(H4,14,15,16,17,18).